The van der Waals surface area contributed by atoms with Crippen molar-refractivity contribution < 1.29 is 14.4 Å². The molecule has 0 saturated carbocycles. The molecule has 0 aliphatic carbocycles. The molecule has 1 aromatic rings. The minimum absolute atomic E-state index is 0.0422. The van der Waals surface area contributed by atoms with Crippen LogP contribution < -0.4 is 11.1 Å². The van der Waals surface area contributed by atoms with E-state index >= 15 is 0 Å². The number of rotatable bonds is 4. The molecule has 0 radical (unpaired) electrons. The topological polar surface area (TPSA) is 87.7 Å². The molecule has 0 bridgehead atoms. The van der Waals surface area contributed by atoms with Gasteiger partial charge in [-0.3, -0.25) is 4.79 Å². The van der Waals surface area contributed by atoms with E-state index in [1.807, 2.05) is 0 Å². The first-order chi connectivity index (χ1) is 8.04. The summed E-state index contributed by atoms with van der Waals surface area (Å²) in [6, 6.07) is 4.11. The van der Waals surface area contributed by atoms with Crippen LogP contribution in [0.5, 0.6) is 0 Å². The van der Waals surface area contributed by atoms with Crippen molar-refractivity contribution in [3.05, 3.63) is 35.1 Å². The number of aryl methyl sites for hydroxylation is 1. The maximum Gasteiger partial charge on any atom is 0.251 e. The molecule has 0 aromatic heterocycles. The number of oxime groups is 1. The minimum atomic E-state index is -0.349. The van der Waals surface area contributed by atoms with Gasteiger partial charge in [0.1, 0.15) is 11.7 Å². The molecule has 0 aliphatic rings. The van der Waals surface area contributed by atoms with E-state index in [1.54, 1.807) is 6.92 Å². The van der Waals surface area contributed by atoms with Crippen molar-refractivity contribution >= 4 is 11.7 Å². The van der Waals surface area contributed by atoms with E-state index in [1.165, 1.54) is 18.2 Å². The molecular formula is C11H14FN3O2. The van der Waals surface area contributed by atoms with E-state index in [2.05, 4.69) is 10.5 Å². The van der Waals surface area contributed by atoms with Gasteiger partial charge < -0.3 is 16.3 Å². The fourth-order valence-corrected chi connectivity index (χ4v) is 1.24. The third-order valence-corrected chi connectivity index (χ3v) is 2.22. The first-order valence-electron chi connectivity index (χ1n) is 5.05. The number of nitrogens with one attached hydrogen (secondary N) is 1. The lowest BCUT2D eigenvalue weighted by molar-refractivity contribution is 0.0954. The Kier molecular flexibility index (Phi) is 4.45. The number of hydrogen-bond acceptors (Lipinski definition) is 3. The predicted octanol–water partition coefficient (Wildman–Crippen LogP) is 1.00. The zero-order valence-electron chi connectivity index (χ0n) is 9.40. The highest BCUT2D eigenvalue weighted by molar-refractivity contribution is 5.94. The van der Waals surface area contributed by atoms with E-state index in [-0.39, 0.29) is 30.5 Å². The van der Waals surface area contributed by atoms with Crippen LogP contribution >= 0.6 is 0 Å². The maximum absolute atomic E-state index is 13.0. The van der Waals surface area contributed by atoms with E-state index in [4.69, 9.17) is 10.9 Å². The Morgan fingerprint density at radius 1 is 1.59 bits per heavy atom. The first kappa shape index (κ1) is 13.0. The lowest BCUT2D eigenvalue weighted by Gasteiger charge is -2.05. The summed E-state index contributed by atoms with van der Waals surface area (Å²) in [5.74, 6) is -0.627. The number of benzene rings is 1. The number of carbonyl (C=O) groups excluding carboxylic acids is 1. The van der Waals surface area contributed by atoms with Crippen LogP contribution in [-0.4, -0.2) is 23.5 Å². The Morgan fingerprint density at radius 2 is 2.29 bits per heavy atom. The highest BCUT2D eigenvalue weighted by Gasteiger charge is 2.07. The minimum Gasteiger partial charge on any atom is -0.409 e. The largest absolute Gasteiger partial charge is 0.409 e. The average Bonchev–Trinajstić information content (AvgIpc) is 2.32. The Balaban J connectivity index is 2.55. The molecule has 1 amide bonds. The first-order valence-corrected chi connectivity index (χ1v) is 5.05. The summed E-state index contributed by atoms with van der Waals surface area (Å²) < 4.78 is 13.0. The summed E-state index contributed by atoms with van der Waals surface area (Å²) in [5, 5.41) is 13.6. The van der Waals surface area contributed by atoms with Gasteiger partial charge in [0.25, 0.3) is 5.91 Å². The van der Waals surface area contributed by atoms with Crippen LogP contribution in [-0.2, 0) is 0 Å². The summed E-state index contributed by atoms with van der Waals surface area (Å²) >= 11 is 0. The molecule has 17 heavy (non-hydrogen) atoms. The van der Waals surface area contributed by atoms with Crippen molar-refractivity contribution in [3.63, 3.8) is 0 Å². The number of nitrogens with two attached hydrogens (primary N) is 1. The van der Waals surface area contributed by atoms with Gasteiger partial charge in [-0.25, -0.2) is 4.39 Å². The van der Waals surface area contributed by atoms with E-state index in [0.717, 1.165) is 0 Å². The lowest BCUT2D eigenvalue weighted by Crippen LogP contribution is -2.28. The third-order valence-electron chi connectivity index (χ3n) is 2.22. The Morgan fingerprint density at radius 3 is 2.88 bits per heavy atom. The van der Waals surface area contributed by atoms with Gasteiger partial charge in [0, 0.05) is 18.5 Å². The molecule has 0 unspecified atom stereocenters. The Bertz CT molecular complexity index is 446. The fraction of sp³-hybridized carbons (Fsp3) is 0.273. The number of nitrogens with zero attached hydrogens (tertiary/aromatic N) is 1. The molecule has 0 aliphatic heterocycles. The molecule has 92 valence electrons. The Labute approximate surface area is 98.1 Å². The maximum atomic E-state index is 13.0. The molecule has 0 saturated heterocycles. The van der Waals surface area contributed by atoms with Crippen LogP contribution in [0.2, 0.25) is 0 Å². The summed E-state index contributed by atoms with van der Waals surface area (Å²) in [5.41, 5.74) is 6.03. The second kappa shape index (κ2) is 5.83. The molecule has 4 N–H and O–H groups in total. The van der Waals surface area contributed by atoms with Crippen molar-refractivity contribution in [2.24, 2.45) is 10.9 Å². The van der Waals surface area contributed by atoms with Crippen LogP contribution in [0.3, 0.4) is 0 Å². The van der Waals surface area contributed by atoms with Gasteiger partial charge in [-0.15, -0.1) is 0 Å². The van der Waals surface area contributed by atoms with Crippen molar-refractivity contribution in [2.75, 3.05) is 6.54 Å². The average molecular weight is 239 g/mol. The van der Waals surface area contributed by atoms with Crippen LogP contribution in [0.15, 0.2) is 23.4 Å². The SMILES string of the molecule is Cc1cc(C(=O)NCCC(N)=NO)ccc1F. The van der Waals surface area contributed by atoms with Gasteiger partial charge in [-0.2, -0.15) is 0 Å². The lowest BCUT2D eigenvalue weighted by atomic mass is 10.1. The summed E-state index contributed by atoms with van der Waals surface area (Å²) in [4.78, 5) is 11.6. The number of amidine groups is 1. The summed E-state index contributed by atoms with van der Waals surface area (Å²) in [6.45, 7) is 1.84. The normalized spacial score (nSPS) is 11.3. The highest BCUT2D eigenvalue weighted by atomic mass is 19.1. The summed E-state index contributed by atoms with van der Waals surface area (Å²) in [7, 11) is 0. The van der Waals surface area contributed by atoms with Crippen molar-refractivity contribution in [1.82, 2.24) is 5.32 Å². The Hall–Kier alpha value is -2.11. The predicted molar refractivity (Wildman–Crippen MR) is 61.5 cm³/mol. The highest BCUT2D eigenvalue weighted by Crippen LogP contribution is 2.08. The monoisotopic (exact) mass is 239 g/mol. The van der Waals surface area contributed by atoms with E-state index in [9.17, 15) is 9.18 Å². The van der Waals surface area contributed by atoms with Crippen molar-refractivity contribution in [2.45, 2.75) is 13.3 Å². The molecule has 1 aromatic carbocycles. The molecule has 0 heterocycles. The van der Waals surface area contributed by atoms with Crippen molar-refractivity contribution in [3.8, 4) is 0 Å². The number of carbonyl (C=O) groups is 1. The number of hydrogen-bond donors (Lipinski definition) is 3. The van der Waals surface area contributed by atoms with Crippen LogP contribution in [0.4, 0.5) is 4.39 Å². The van der Waals surface area contributed by atoms with Gasteiger partial charge in [0.2, 0.25) is 0 Å². The molecule has 1 rings (SSSR count). The van der Waals surface area contributed by atoms with Gasteiger partial charge in [0.15, 0.2) is 0 Å². The van der Waals surface area contributed by atoms with E-state index < -0.39 is 0 Å². The van der Waals surface area contributed by atoms with Gasteiger partial charge >= 0.3 is 0 Å². The smallest absolute Gasteiger partial charge is 0.251 e. The van der Waals surface area contributed by atoms with E-state index in [0.29, 0.717) is 11.1 Å². The molecule has 6 heteroatoms. The zero-order valence-corrected chi connectivity index (χ0v) is 9.40. The third kappa shape index (κ3) is 3.75. The van der Waals surface area contributed by atoms with Crippen LogP contribution in [0.1, 0.15) is 22.3 Å². The van der Waals surface area contributed by atoms with Crippen LogP contribution in [0.25, 0.3) is 0 Å². The zero-order chi connectivity index (χ0) is 12.8. The van der Waals surface area contributed by atoms with Gasteiger partial charge in [-0.1, -0.05) is 5.16 Å². The van der Waals surface area contributed by atoms with Gasteiger partial charge in [0.05, 0.1) is 0 Å². The number of halogens is 1. The van der Waals surface area contributed by atoms with Crippen LogP contribution in [0, 0.1) is 12.7 Å². The fourth-order valence-electron chi connectivity index (χ4n) is 1.24. The van der Waals surface area contributed by atoms with Gasteiger partial charge in [-0.05, 0) is 30.7 Å². The summed E-state index contributed by atoms with van der Waals surface area (Å²) in [6.07, 6.45) is 0.252. The standard InChI is InChI=1S/C11H14FN3O2/c1-7-6-8(2-3-9(7)12)11(16)14-5-4-10(13)15-17/h2-3,6,17H,4-5H2,1H3,(H2,13,15)(H,14,16). The second-order valence-corrected chi connectivity index (χ2v) is 3.56. The molecule has 0 atom stereocenters. The molecule has 0 fully saturated rings. The number of amides is 1. The second-order valence-electron chi connectivity index (χ2n) is 3.56. The molecular weight excluding hydrogens is 225 g/mol. The van der Waals surface area contributed by atoms with Crippen molar-refractivity contribution in [1.29, 1.82) is 0 Å². The molecule has 5 nitrogen and oxygen atoms in total. The quantitative estimate of drug-likeness (QED) is 0.317. The molecule has 0 spiro atoms.